The fourth-order valence-corrected chi connectivity index (χ4v) is 2.03. The van der Waals surface area contributed by atoms with E-state index in [1.165, 1.54) is 6.07 Å². The van der Waals surface area contributed by atoms with Crippen LogP contribution in [0.3, 0.4) is 0 Å². The zero-order valence-corrected chi connectivity index (χ0v) is 9.39. The zero-order chi connectivity index (χ0) is 11.7. The molecule has 0 aliphatic carbocycles. The molecular weight excluding hydrogens is 212 g/mol. The predicted molar refractivity (Wildman–Crippen MR) is 57.5 cm³/mol. The Balaban J connectivity index is 2.32. The van der Waals surface area contributed by atoms with Crippen molar-refractivity contribution in [1.29, 1.82) is 0 Å². The van der Waals surface area contributed by atoms with Crippen molar-refractivity contribution < 1.29 is 13.5 Å². The van der Waals surface area contributed by atoms with E-state index in [4.69, 9.17) is 4.74 Å². The minimum absolute atomic E-state index is 0.169. The van der Waals surface area contributed by atoms with Crippen molar-refractivity contribution in [3.63, 3.8) is 0 Å². The van der Waals surface area contributed by atoms with Gasteiger partial charge in [-0.1, -0.05) is 6.92 Å². The summed E-state index contributed by atoms with van der Waals surface area (Å²) in [6, 6.07) is 1.96. The Morgan fingerprint density at radius 3 is 2.81 bits per heavy atom. The standard InChI is InChI=1S/C12H15F2NO/c1-3-4-15-12-7(2)16-10-6-8(13)5-9(14)11(10)12/h5-7,12,15H,3-4H2,1-2H3. The van der Waals surface area contributed by atoms with Crippen molar-refractivity contribution in [3.8, 4) is 5.75 Å². The number of nitrogens with one attached hydrogen (secondary N) is 1. The molecule has 0 fully saturated rings. The number of fused-ring (bicyclic) bond motifs is 1. The maximum Gasteiger partial charge on any atom is 0.134 e. The third kappa shape index (κ3) is 1.89. The van der Waals surface area contributed by atoms with E-state index in [1.807, 2.05) is 13.8 Å². The van der Waals surface area contributed by atoms with E-state index in [-0.39, 0.29) is 12.1 Å². The van der Waals surface area contributed by atoms with Crippen LogP contribution in [-0.4, -0.2) is 12.6 Å². The number of hydrogen-bond donors (Lipinski definition) is 1. The van der Waals surface area contributed by atoms with Crippen molar-refractivity contribution in [2.75, 3.05) is 6.54 Å². The zero-order valence-electron chi connectivity index (χ0n) is 9.39. The lowest BCUT2D eigenvalue weighted by Gasteiger charge is -2.16. The molecule has 1 aromatic rings. The maximum atomic E-state index is 13.6. The third-order valence-corrected chi connectivity index (χ3v) is 2.76. The first kappa shape index (κ1) is 11.3. The van der Waals surface area contributed by atoms with Crippen molar-refractivity contribution >= 4 is 0 Å². The van der Waals surface area contributed by atoms with Crippen molar-refractivity contribution in [2.45, 2.75) is 32.4 Å². The highest BCUT2D eigenvalue weighted by Crippen LogP contribution is 2.38. The van der Waals surface area contributed by atoms with Gasteiger partial charge in [-0.15, -0.1) is 0 Å². The molecule has 1 heterocycles. The molecule has 2 atom stereocenters. The van der Waals surface area contributed by atoms with Crippen molar-refractivity contribution in [2.24, 2.45) is 0 Å². The van der Waals surface area contributed by atoms with E-state index in [9.17, 15) is 8.78 Å². The molecule has 2 unspecified atom stereocenters. The molecule has 0 amide bonds. The summed E-state index contributed by atoms with van der Waals surface area (Å²) in [5.74, 6) is -0.814. The Morgan fingerprint density at radius 1 is 1.38 bits per heavy atom. The molecule has 16 heavy (non-hydrogen) atoms. The second kappa shape index (κ2) is 4.37. The minimum Gasteiger partial charge on any atom is -0.488 e. The quantitative estimate of drug-likeness (QED) is 0.857. The van der Waals surface area contributed by atoms with Crippen molar-refractivity contribution in [1.82, 2.24) is 5.32 Å². The molecule has 0 aromatic heterocycles. The summed E-state index contributed by atoms with van der Waals surface area (Å²) >= 11 is 0. The van der Waals surface area contributed by atoms with Gasteiger partial charge in [0.1, 0.15) is 23.5 Å². The lowest BCUT2D eigenvalue weighted by atomic mass is 10.0. The average Bonchev–Trinajstić information content (AvgIpc) is 2.51. The summed E-state index contributed by atoms with van der Waals surface area (Å²) in [6.07, 6.45) is 0.791. The summed E-state index contributed by atoms with van der Waals surface area (Å²) in [7, 11) is 0. The van der Waals surface area contributed by atoms with E-state index in [2.05, 4.69) is 5.32 Å². The highest BCUT2D eigenvalue weighted by molar-refractivity contribution is 5.42. The molecule has 4 heteroatoms. The monoisotopic (exact) mass is 227 g/mol. The Kier molecular flexibility index (Phi) is 3.10. The predicted octanol–water partition coefficient (Wildman–Crippen LogP) is 2.79. The average molecular weight is 227 g/mol. The van der Waals surface area contributed by atoms with Gasteiger partial charge < -0.3 is 10.1 Å². The highest BCUT2D eigenvalue weighted by Gasteiger charge is 2.34. The van der Waals surface area contributed by atoms with Crippen LogP contribution in [0.25, 0.3) is 0 Å². The number of ether oxygens (including phenoxy) is 1. The molecule has 0 saturated carbocycles. The fourth-order valence-electron chi connectivity index (χ4n) is 2.03. The summed E-state index contributed by atoms with van der Waals surface area (Å²) in [6.45, 7) is 4.68. The number of halogens is 2. The molecule has 2 nitrogen and oxygen atoms in total. The lowest BCUT2D eigenvalue weighted by Crippen LogP contribution is -2.29. The number of rotatable bonds is 3. The van der Waals surface area contributed by atoms with Gasteiger partial charge in [0.25, 0.3) is 0 Å². The maximum absolute atomic E-state index is 13.6. The highest BCUT2D eigenvalue weighted by atomic mass is 19.1. The second-order valence-corrected chi connectivity index (χ2v) is 4.05. The van der Waals surface area contributed by atoms with Crippen molar-refractivity contribution in [3.05, 3.63) is 29.3 Å². The van der Waals surface area contributed by atoms with Crippen LogP contribution in [0.1, 0.15) is 31.9 Å². The summed E-state index contributed by atoms with van der Waals surface area (Å²) in [5.41, 5.74) is 0.447. The Bertz CT molecular complexity index is 395. The molecule has 1 aromatic carbocycles. The van der Waals surface area contributed by atoms with Gasteiger partial charge >= 0.3 is 0 Å². The van der Waals surface area contributed by atoms with Crippen LogP contribution >= 0.6 is 0 Å². The van der Waals surface area contributed by atoms with E-state index in [1.54, 1.807) is 0 Å². The smallest absolute Gasteiger partial charge is 0.134 e. The Morgan fingerprint density at radius 2 is 2.12 bits per heavy atom. The molecule has 0 spiro atoms. The topological polar surface area (TPSA) is 21.3 Å². The SMILES string of the molecule is CCCNC1c2c(F)cc(F)cc2OC1C. The van der Waals surface area contributed by atoms with E-state index < -0.39 is 11.6 Å². The number of benzene rings is 1. The van der Waals surface area contributed by atoms with Gasteiger partial charge in [0.05, 0.1) is 11.6 Å². The first-order valence-corrected chi connectivity index (χ1v) is 5.52. The van der Waals surface area contributed by atoms with Crippen LogP contribution in [0.2, 0.25) is 0 Å². The van der Waals surface area contributed by atoms with Crippen LogP contribution in [0.5, 0.6) is 5.75 Å². The van der Waals surface area contributed by atoms with E-state index >= 15 is 0 Å². The van der Waals surface area contributed by atoms with Crippen LogP contribution in [-0.2, 0) is 0 Å². The molecule has 2 rings (SSSR count). The summed E-state index contributed by atoms with van der Waals surface area (Å²) in [5, 5.41) is 3.21. The Labute approximate surface area is 93.6 Å². The molecule has 88 valence electrons. The van der Waals surface area contributed by atoms with Gasteiger partial charge in [0, 0.05) is 12.1 Å². The minimum atomic E-state index is -0.598. The lowest BCUT2D eigenvalue weighted by molar-refractivity contribution is 0.209. The van der Waals surface area contributed by atoms with Crippen LogP contribution in [0.15, 0.2) is 12.1 Å². The van der Waals surface area contributed by atoms with E-state index in [0.717, 1.165) is 19.0 Å². The molecular formula is C12H15F2NO. The first-order valence-electron chi connectivity index (χ1n) is 5.52. The van der Waals surface area contributed by atoms with Crippen LogP contribution in [0, 0.1) is 11.6 Å². The van der Waals surface area contributed by atoms with Gasteiger partial charge in [-0.25, -0.2) is 8.78 Å². The molecule has 1 aliphatic heterocycles. The summed E-state index contributed by atoms with van der Waals surface area (Å²) in [4.78, 5) is 0. The molecule has 0 radical (unpaired) electrons. The molecule has 0 saturated heterocycles. The second-order valence-electron chi connectivity index (χ2n) is 4.05. The van der Waals surface area contributed by atoms with Gasteiger partial charge in [-0.3, -0.25) is 0 Å². The van der Waals surface area contributed by atoms with Gasteiger partial charge in [0.2, 0.25) is 0 Å². The normalized spacial score (nSPS) is 23.0. The van der Waals surface area contributed by atoms with Gasteiger partial charge in [-0.2, -0.15) is 0 Å². The van der Waals surface area contributed by atoms with Gasteiger partial charge in [0.15, 0.2) is 0 Å². The van der Waals surface area contributed by atoms with Crippen LogP contribution < -0.4 is 10.1 Å². The molecule has 1 N–H and O–H groups in total. The number of hydrogen-bond acceptors (Lipinski definition) is 2. The third-order valence-electron chi connectivity index (χ3n) is 2.76. The van der Waals surface area contributed by atoms with Crippen LogP contribution in [0.4, 0.5) is 8.78 Å². The fraction of sp³-hybridized carbons (Fsp3) is 0.500. The molecule has 1 aliphatic rings. The first-order chi connectivity index (χ1) is 7.63. The summed E-state index contributed by atoms with van der Waals surface area (Å²) < 4.78 is 32.1. The largest absolute Gasteiger partial charge is 0.488 e. The van der Waals surface area contributed by atoms with Gasteiger partial charge in [-0.05, 0) is 19.9 Å². The van der Waals surface area contributed by atoms with E-state index in [0.29, 0.717) is 11.3 Å². The molecule has 0 bridgehead atoms. The Hall–Kier alpha value is -1.16.